The van der Waals surface area contributed by atoms with Crippen molar-refractivity contribution in [1.29, 1.82) is 0 Å². The molecule has 6 heteroatoms. The summed E-state index contributed by atoms with van der Waals surface area (Å²) in [5.41, 5.74) is 2.43. The van der Waals surface area contributed by atoms with Crippen molar-refractivity contribution in [3.05, 3.63) is 70.9 Å². The molecule has 1 unspecified atom stereocenters. The molecule has 2 N–H and O–H groups in total. The van der Waals surface area contributed by atoms with E-state index in [2.05, 4.69) is 10.5 Å². The van der Waals surface area contributed by atoms with Crippen molar-refractivity contribution in [1.82, 2.24) is 5.16 Å². The molecule has 0 bridgehead atoms. The number of carbonyl (C=O) groups is 1. The molecule has 1 atom stereocenters. The summed E-state index contributed by atoms with van der Waals surface area (Å²) in [5, 5.41) is 17.0. The number of amides is 1. The zero-order valence-electron chi connectivity index (χ0n) is 12.9. The smallest absolute Gasteiger partial charge is 0.294 e. The first-order valence-corrected chi connectivity index (χ1v) is 7.73. The molecule has 0 saturated carbocycles. The number of aliphatic hydroxyl groups is 1. The number of hydrogen-bond acceptors (Lipinski definition) is 4. The van der Waals surface area contributed by atoms with E-state index in [1.165, 1.54) is 0 Å². The molecule has 3 aromatic rings. The van der Waals surface area contributed by atoms with Gasteiger partial charge < -0.3 is 14.9 Å². The molecule has 0 radical (unpaired) electrons. The fraction of sp³-hybridized carbons (Fsp3) is 0.111. The molecule has 5 nitrogen and oxygen atoms in total. The van der Waals surface area contributed by atoms with Gasteiger partial charge in [-0.3, -0.25) is 4.79 Å². The maximum absolute atomic E-state index is 12.3. The van der Waals surface area contributed by atoms with Gasteiger partial charge in [0.05, 0.1) is 6.10 Å². The molecule has 24 heavy (non-hydrogen) atoms. The minimum absolute atomic E-state index is 0.0744. The Labute approximate surface area is 143 Å². The van der Waals surface area contributed by atoms with Crippen LogP contribution in [0.1, 0.15) is 29.1 Å². The van der Waals surface area contributed by atoms with Crippen LogP contribution in [0.5, 0.6) is 0 Å². The van der Waals surface area contributed by atoms with Crippen molar-refractivity contribution < 1.29 is 14.4 Å². The lowest BCUT2D eigenvalue weighted by Crippen LogP contribution is -2.13. The van der Waals surface area contributed by atoms with Gasteiger partial charge in [-0.25, -0.2) is 0 Å². The zero-order chi connectivity index (χ0) is 17.1. The van der Waals surface area contributed by atoms with Crippen molar-refractivity contribution in [2.24, 2.45) is 0 Å². The van der Waals surface area contributed by atoms with Crippen LogP contribution in [-0.2, 0) is 0 Å². The van der Waals surface area contributed by atoms with E-state index in [0.29, 0.717) is 22.0 Å². The molecule has 0 aliphatic rings. The third-order valence-electron chi connectivity index (χ3n) is 3.51. The van der Waals surface area contributed by atoms with Crippen molar-refractivity contribution >= 4 is 23.2 Å². The van der Waals surface area contributed by atoms with Crippen molar-refractivity contribution in [3.8, 4) is 11.3 Å². The second-order valence-corrected chi connectivity index (χ2v) is 5.74. The molecule has 0 saturated heterocycles. The van der Waals surface area contributed by atoms with E-state index in [1.54, 1.807) is 55.5 Å². The van der Waals surface area contributed by atoms with Gasteiger partial charge in [0.2, 0.25) is 5.76 Å². The molecule has 1 aromatic heterocycles. The van der Waals surface area contributed by atoms with E-state index >= 15 is 0 Å². The van der Waals surface area contributed by atoms with Crippen LogP contribution >= 0.6 is 11.6 Å². The predicted octanol–water partition coefficient (Wildman–Crippen LogP) is 4.30. The zero-order valence-corrected chi connectivity index (χ0v) is 13.6. The molecule has 1 heterocycles. The highest BCUT2D eigenvalue weighted by Crippen LogP contribution is 2.25. The summed E-state index contributed by atoms with van der Waals surface area (Å²) in [4.78, 5) is 12.3. The van der Waals surface area contributed by atoms with Crippen LogP contribution in [-0.4, -0.2) is 16.2 Å². The largest absolute Gasteiger partial charge is 0.389 e. The SMILES string of the molecule is CC(O)c1ccccc1NC(=O)c1cc(-c2cccc(Cl)c2)no1. The summed E-state index contributed by atoms with van der Waals surface area (Å²) in [7, 11) is 0. The summed E-state index contributed by atoms with van der Waals surface area (Å²) >= 11 is 5.96. The maximum Gasteiger partial charge on any atom is 0.294 e. The summed E-state index contributed by atoms with van der Waals surface area (Å²) in [5.74, 6) is -0.366. The number of aromatic nitrogens is 1. The van der Waals surface area contributed by atoms with Crippen LogP contribution in [0.3, 0.4) is 0 Å². The van der Waals surface area contributed by atoms with Crippen LogP contribution in [0.4, 0.5) is 5.69 Å². The van der Waals surface area contributed by atoms with E-state index in [9.17, 15) is 9.90 Å². The van der Waals surface area contributed by atoms with Gasteiger partial charge in [-0.1, -0.05) is 47.1 Å². The molecule has 0 aliphatic heterocycles. The number of anilines is 1. The Kier molecular flexibility index (Phi) is 4.64. The maximum atomic E-state index is 12.3. The van der Waals surface area contributed by atoms with Gasteiger partial charge in [0.25, 0.3) is 5.91 Å². The van der Waals surface area contributed by atoms with Crippen LogP contribution in [0.25, 0.3) is 11.3 Å². The summed E-state index contributed by atoms with van der Waals surface area (Å²) in [6, 6.07) is 15.7. The Hall–Kier alpha value is -2.63. The Morgan fingerprint density at radius 3 is 2.75 bits per heavy atom. The van der Waals surface area contributed by atoms with Gasteiger partial charge in [0.1, 0.15) is 5.69 Å². The summed E-state index contributed by atoms with van der Waals surface area (Å²) in [6.45, 7) is 1.64. The molecule has 0 fully saturated rings. The molecule has 0 aliphatic carbocycles. The number of carbonyl (C=O) groups excluding carboxylic acids is 1. The Morgan fingerprint density at radius 2 is 2.00 bits per heavy atom. The quantitative estimate of drug-likeness (QED) is 0.741. The first-order valence-electron chi connectivity index (χ1n) is 7.35. The number of halogens is 1. The lowest BCUT2D eigenvalue weighted by atomic mass is 10.1. The van der Waals surface area contributed by atoms with Gasteiger partial charge in [0.15, 0.2) is 0 Å². The van der Waals surface area contributed by atoms with Gasteiger partial charge in [0, 0.05) is 27.9 Å². The number of hydrogen-bond donors (Lipinski definition) is 2. The lowest BCUT2D eigenvalue weighted by molar-refractivity contribution is 0.0987. The Balaban J connectivity index is 1.82. The van der Waals surface area contributed by atoms with Crippen LogP contribution < -0.4 is 5.32 Å². The van der Waals surface area contributed by atoms with Crippen LogP contribution in [0, 0.1) is 0 Å². The van der Waals surface area contributed by atoms with E-state index < -0.39 is 12.0 Å². The Morgan fingerprint density at radius 1 is 1.21 bits per heavy atom. The molecule has 3 rings (SSSR count). The second-order valence-electron chi connectivity index (χ2n) is 5.30. The molecular weight excluding hydrogens is 328 g/mol. The number of aliphatic hydroxyl groups excluding tert-OH is 1. The minimum atomic E-state index is -0.696. The minimum Gasteiger partial charge on any atom is -0.389 e. The van der Waals surface area contributed by atoms with Gasteiger partial charge in [-0.2, -0.15) is 0 Å². The van der Waals surface area contributed by atoms with Gasteiger partial charge in [-0.05, 0) is 25.1 Å². The molecule has 122 valence electrons. The second kappa shape index (κ2) is 6.86. The first-order chi connectivity index (χ1) is 11.5. The van der Waals surface area contributed by atoms with E-state index in [-0.39, 0.29) is 5.76 Å². The first kappa shape index (κ1) is 16.2. The number of benzene rings is 2. The van der Waals surface area contributed by atoms with E-state index in [4.69, 9.17) is 16.1 Å². The van der Waals surface area contributed by atoms with E-state index in [0.717, 1.165) is 5.56 Å². The molecule has 0 spiro atoms. The van der Waals surface area contributed by atoms with Gasteiger partial charge in [-0.15, -0.1) is 0 Å². The number of rotatable bonds is 4. The third-order valence-corrected chi connectivity index (χ3v) is 3.75. The lowest BCUT2D eigenvalue weighted by Gasteiger charge is -2.11. The average Bonchev–Trinajstić information content (AvgIpc) is 3.05. The molecule has 2 aromatic carbocycles. The topological polar surface area (TPSA) is 75.4 Å². The highest BCUT2D eigenvalue weighted by Gasteiger charge is 2.16. The van der Waals surface area contributed by atoms with E-state index in [1.807, 2.05) is 6.07 Å². The number of nitrogens with one attached hydrogen (secondary N) is 1. The highest BCUT2D eigenvalue weighted by atomic mass is 35.5. The summed E-state index contributed by atoms with van der Waals surface area (Å²) < 4.78 is 5.13. The van der Waals surface area contributed by atoms with Crippen molar-refractivity contribution in [3.63, 3.8) is 0 Å². The monoisotopic (exact) mass is 342 g/mol. The van der Waals surface area contributed by atoms with Crippen LogP contribution in [0.2, 0.25) is 5.02 Å². The van der Waals surface area contributed by atoms with Crippen LogP contribution in [0.15, 0.2) is 59.1 Å². The highest BCUT2D eigenvalue weighted by molar-refractivity contribution is 6.30. The third kappa shape index (κ3) is 3.48. The standard InChI is InChI=1S/C18H15ClN2O3/c1-11(22)14-7-2-3-8-15(14)20-18(23)17-10-16(21-24-17)12-5-4-6-13(19)9-12/h2-11,22H,1H3,(H,20,23). The molecular formula is C18H15ClN2O3. The average molecular weight is 343 g/mol. The fourth-order valence-electron chi connectivity index (χ4n) is 2.33. The van der Waals surface area contributed by atoms with Crippen molar-refractivity contribution in [2.45, 2.75) is 13.0 Å². The van der Waals surface area contributed by atoms with Gasteiger partial charge >= 0.3 is 0 Å². The summed E-state index contributed by atoms with van der Waals surface area (Å²) in [6.07, 6.45) is -0.696. The predicted molar refractivity (Wildman–Crippen MR) is 92.0 cm³/mol. The van der Waals surface area contributed by atoms with Crippen molar-refractivity contribution in [2.75, 3.05) is 5.32 Å². The number of nitrogens with zero attached hydrogens (tertiary/aromatic N) is 1. The molecule has 1 amide bonds. The fourth-order valence-corrected chi connectivity index (χ4v) is 2.52. The number of para-hydroxylation sites is 1. The normalized spacial score (nSPS) is 12.0. The Bertz CT molecular complexity index is 874.